The van der Waals surface area contributed by atoms with Crippen LogP contribution in [0.25, 0.3) is 0 Å². The average molecular weight is 997 g/mol. The fraction of sp³-hybridized carbons (Fsp3) is 1.00. The van der Waals surface area contributed by atoms with E-state index >= 15 is 0 Å². The van der Waals surface area contributed by atoms with E-state index in [4.69, 9.17) is 0 Å². The van der Waals surface area contributed by atoms with Crippen LogP contribution in [0, 0.1) is 56.2 Å². The van der Waals surface area contributed by atoms with Crippen molar-refractivity contribution in [1.82, 2.24) is 24.5 Å². The minimum absolute atomic E-state index is 0.328. The summed E-state index contributed by atoms with van der Waals surface area (Å²) in [5.41, 5.74) is 5.30. The first-order chi connectivity index (χ1) is 31.8. The Morgan fingerprint density at radius 2 is 0.775 bits per heavy atom. The second-order valence-corrected chi connectivity index (χ2v) is 33.3. The van der Waals surface area contributed by atoms with E-state index in [2.05, 4.69) is 218 Å². The van der Waals surface area contributed by atoms with Crippen molar-refractivity contribution >= 4 is 0 Å². The molecule has 10 rings (SSSR count). The minimum Gasteiger partial charge on any atom is -0.295 e. The van der Waals surface area contributed by atoms with Gasteiger partial charge in [0.1, 0.15) is 0 Å². The van der Waals surface area contributed by atoms with Gasteiger partial charge in [0, 0.05) is 89.6 Å². The molecule has 5 heteroatoms. The highest BCUT2D eigenvalue weighted by molar-refractivity contribution is 5.20. The van der Waals surface area contributed by atoms with Crippen molar-refractivity contribution in [3.8, 4) is 0 Å². The highest BCUT2D eigenvalue weighted by Gasteiger charge is 2.67. The number of likely N-dealkylation sites (tertiary alicyclic amines) is 5. The second-order valence-electron chi connectivity index (χ2n) is 33.3. The summed E-state index contributed by atoms with van der Waals surface area (Å²) in [5.74, 6) is 4.06. The Morgan fingerprint density at radius 3 is 1.03 bits per heavy atom. The third-order valence-electron chi connectivity index (χ3n) is 19.7. The molecule has 10 aliphatic rings. The van der Waals surface area contributed by atoms with Gasteiger partial charge in [-0.25, -0.2) is 0 Å². The van der Waals surface area contributed by atoms with Crippen molar-refractivity contribution in [3.05, 3.63) is 0 Å². The van der Waals surface area contributed by atoms with E-state index < -0.39 is 0 Å². The molecular weight excluding hydrogens is 863 g/mol. The predicted molar refractivity (Wildman–Crippen MR) is 318 cm³/mol. The van der Waals surface area contributed by atoms with E-state index in [9.17, 15) is 0 Å². The lowest BCUT2D eigenvalue weighted by molar-refractivity contribution is 0.0354. The summed E-state index contributed by atoms with van der Waals surface area (Å²) in [6.45, 7) is 82.6. The van der Waals surface area contributed by atoms with Gasteiger partial charge in [-0.3, -0.25) is 24.5 Å². The number of nitrogens with zero attached hydrogens (tertiary/aromatic N) is 5. The molecule has 5 aliphatic heterocycles. The number of rotatable bonds is 0. The number of hydrogen-bond donors (Lipinski definition) is 0. The zero-order valence-corrected chi connectivity index (χ0v) is 55.2. The molecule has 5 heterocycles. The summed E-state index contributed by atoms with van der Waals surface area (Å²) in [6.07, 6.45) is 10.1. The molecule has 5 nitrogen and oxygen atoms in total. The van der Waals surface area contributed by atoms with Crippen LogP contribution in [0.3, 0.4) is 0 Å². The van der Waals surface area contributed by atoms with Gasteiger partial charge in [-0.15, -0.1) is 0 Å². The Hall–Kier alpha value is -0.200. The van der Waals surface area contributed by atoms with E-state index in [0.717, 1.165) is 66.0 Å². The molecule has 0 aromatic heterocycles. The Kier molecular flexibility index (Phi) is 19.8. The first kappa shape index (κ1) is 65.1. The topological polar surface area (TPSA) is 16.2 Å². The third-order valence-corrected chi connectivity index (χ3v) is 19.7. The maximum atomic E-state index is 2.80. The van der Waals surface area contributed by atoms with Gasteiger partial charge in [-0.2, -0.15) is 0 Å². The number of fused-ring (bicyclic) bond motifs is 5. The van der Waals surface area contributed by atoms with Crippen LogP contribution in [-0.4, -0.2) is 114 Å². The molecular formula is C66H133N5. The first-order valence-electron chi connectivity index (χ1n) is 30.7. The summed E-state index contributed by atoms with van der Waals surface area (Å²) in [7, 11) is 0. The number of hydrogen-bond acceptors (Lipinski definition) is 5. The van der Waals surface area contributed by atoms with Gasteiger partial charge in [0.2, 0.25) is 0 Å². The Bertz CT molecular complexity index is 1630. The molecule has 0 amide bonds. The van der Waals surface area contributed by atoms with E-state index in [-0.39, 0.29) is 0 Å². The second kappa shape index (κ2) is 21.6. The molecule has 71 heavy (non-hydrogen) atoms. The van der Waals surface area contributed by atoms with Crippen LogP contribution >= 0.6 is 0 Å². The van der Waals surface area contributed by atoms with Gasteiger partial charge in [-0.1, -0.05) is 111 Å². The standard InChI is InChI=1S/2C14H27N.2C11H21N.C10H19N.3C2H6/c1-12(2,3)11-10-8-14(10,7)9-15(11)13(4,5)6;1-12(2,3)10-8-14(7)9-11(14)15(10)13(4,5)6;1-8-9-6-11(9,5)7-12(8)10(2,3)4;1-8-6-11(5)7-9(11)12(8)10(2,3)4;1-7-9-5-8(9)6-11(7)10(2,3)4;3*1-2/h2*10-11H,8-9H2,1-7H3;2*8-9H,6-7H2,1-5H3;7-9H,5-6H2,1-4H3;3*1-2H3/t;;8-,9+,11-;8-,9-,11+;7-,8-,9+;;;/m..111.../s1. The molecule has 0 aromatic carbocycles. The normalized spacial score (nSPS) is 40.9. The maximum Gasteiger partial charge on any atom is 0.0183 e. The van der Waals surface area contributed by atoms with Gasteiger partial charge >= 0.3 is 0 Å². The highest BCUT2D eigenvalue weighted by Crippen LogP contribution is 2.66. The van der Waals surface area contributed by atoms with Gasteiger partial charge in [0.15, 0.2) is 0 Å². The Morgan fingerprint density at radius 1 is 0.380 bits per heavy atom. The molecule has 422 valence electrons. The van der Waals surface area contributed by atoms with Crippen molar-refractivity contribution < 1.29 is 0 Å². The molecule has 10 fully saturated rings. The monoisotopic (exact) mass is 996 g/mol. The molecule has 0 N–H and O–H groups in total. The largest absolute Gasteiger partial charge is 0.295 e. The number of piperidine rings is 5. The van der Waals surface area contributed by atoms with Gasteiger partial charge in [-0.05, 0) is 226 Å². The van der Waals surface area contributed by atoms with Gasteiger partial charge < -0.3 is 0 Å². The summed E-state index contributed by atoms with van der Waals surface area (Å²) >= 11 is 0. The van der Waals surface area contributed by atoms with Crippen LogP contribution in [0.15, 0.2) is 0 Å². The summed E-state index contributed by atoms with van der Waals surface area (Å²) < 4.78 is 0. The molecule has 0 bridgehead atoms. The van der Waals surface area contributed by atoms with Crippen molar-refractivity contribution in [3.63, 3.8) is 0 Å². The van der Waals surface area contributed by atoms with E-state index in [1.165, 1.54) is 64.6 Å². The molecule has 15 atom stereocenters. The van der Waals surface area contributed by atoms with Crippen LogP contribution < -0.4 is 0 Å². The van der Waals surface area contributed by atoms with Crippen LogP contribution in [0.5, 0.6) is 0 Å². The van der Waals surface area contributed by atoms with Crippen molar-refractivity contribution in [2.75, 3.05) is 19.6 Å². The smallest absolute Gasteiger partial charge is 0.0183 e. The van der Waals surface area contributed by atoms with Gasteiger partial charge in [0.25, 0.3) is 0 Å². The van der Waals surface area contributed by atoms with E-state index in [0.29, 0.717) is 60.2 Å². The summed E-state index contributed by atoms with van der Waals surface area (Å²) in [6, 6.07) is 5.77. The molecule has 0 spiro atoms. The van der Waals surface area contributed by atoms with E-state index in [1.807, 2.05) is 41.5 Å². The molecule has 5 saturated carbocycles. The lowest BCUT2D eigenvalue weighted by Crippen LogP contribution is -2.51. The lowest BCUT2D eigenvalue weighted by atomic mass is 9.81. The first-order valence-corrected chi connectivity index (χ1v) is 30.7. The minimum atomic E-state index is 0.328. The third kappa shape index (κ3) is 14.7. The molecule has 0 aromatic rings. The van der Waals surface area contributed by atoms with Crippen molar-refractivity contribution in [2.45, 2.75) is 350 Å². The summed E-state index contributed by atoms with van der Waals surface area (Å²) in [4.78, 5) is 13.6. The fourth-order valence-corrected chi connectivity index (χ4v) is 15.8. The van der Waals surface area contributed by atoms with E-state index in [1.54, 1.807) is 0 Å². The Labute approximate surface area is 448 Å². The van der Waals surface area contributed by atoms with Crippen molar-refractivity contribution in [1.29, 1.82) is 0 Å². The molecule has 6 unspecified atom stereocenters. The lowest BCUT2D eigenvalue weighted by Gasteiger charge is -2.45. The van der Waals surface area contributed by atoms with Crippen LogP contribution in [0.4, 0.5) is 0 Å². The average Bonchev–Trinajstić information content (AvgIpc) is 4.17. The van der Waals surface area contributed by atoms with Crippen LogP contribution in [0.2, 0.25) is 0 Å². The maximum absolute atomic E-state index is 2.80. The zero-order chi connectivity index (χ0) is 55.8. The zero-order valence-electron chi connectivity index (χ0n) is 55.2. The molecule has 5 aliphatic carbocycles. The van der Waals surface area contributed by atoms with Crippen LogP contribution in [0.1, 0.15) is 280 Å². The fourth-order valence-electron chi connectivity index (χ4n) is 15.8. The summed E-state index contributed by atoms with van der Waals surface area (Å²) in [5, 5.41) is 0. The SMILES string of the molecule is CC.CC.CC.CC(C)(C)C1C2CC2(C)CN1C(C)(C)C.CC(C)(C)C1CC2(C)CC2N1C(C)(C)C.C[C@@H]1C[C@@]2(C)C[C@H]2N1C(C)(C)C.C[C@@H]1[C@@H]2C[C@@H]2CN1C(C)(C)C.C[C@@H]1[C@@H]2C[C@]2(C)CN1C(C)(C)C. The molecule has 5 saturated heterocycles. The van der Waals surface area contributed by atoms with Crippen molar-refractivity contribution in [2.24, 2.45) is 56.2 Å². The highest BCUT2D eigenvalue weighted by atomic mass is 15.3. The molecule has 0 radical (unpaired) electrons. The predicted octanol–water partition coefficient (Wildman–Crippen LogP) is 17.6. The Balaban J connectivity index is 0.000000229. The van der Waals surface area contributed by atoms with Gasteiger partial charge in [0.05, 0.1) is 0 Å². The van der Waals surface area contributed by atoms with Crippen LogP contribution in [-0.2, 0) is 0 Å². The quantitative estimate of drug-likeness (QED) is 0.240.